The third kappa shape index (κ3) is 4.97. The molecule has 2 aromatic rings. The quantitative estimate of drug-likeness (QED) is 0.630. The molecule has 0 saturated carbocycles. The molecular formula is C19H21ClN2O3. The fourth-order valence-electron chi connectivity index (χ4n) is 2.29. The van der Waals surface area contributed by atoms with Crippen molar-refractivity contribution in [1.29, 1.82) is 0 Å². The molecule has 0 aliphatic rings. The lowest BCUT2D eigenvalue weighted by atomic mass is 10.0. The number of carbonyl (C=O) groups is 2. The second-order valence-electron chi connectivity index (χ2n) is 5.95. The Kier molecular flexibility index (Phi) is 6.04. The van der Waals surface area contributed by atoms with Gasteiger partial charge < -0.3 is 15.8 Å². The number of aryl methyl sites for hydroxylation is 2. The number of nitrogens with one attached hydrogen (secondary N) is 1. The van der Waals surface area contributed by atoms with Crippen molar-refractivity contribution in [3.8, 4) is 0 Å². The van der Waals surface area contributed by atoms with Crippen molar-refractivity contribution in [3.05, 3.63) is 63.7 Å². The third-order valence-electron chi connectivity index (χ3n) is 3.97. The maximum atomic E-state index is 12.0. The number of carbonyl (C=O) groups excluding carboxylic acids is 2. The minimum Gasteiger partial charge on any atom is -0.452 e. The van der Waals surface area contributed by atoms with Gasteiger partial charge in [0.25, 0.3) is 5.91 Å². The van der Waals surface area contributed by atoms with Crippen molar-refractivity contribution < 1.29 is 14.3 Å². The molecule has 2 aromatic carbocycles. The third-order valence-corrected chi connectivity index (χ3v) is 4.32. The summed E-state index contributed by atoms with van der Waals surface area (Å²) < 4.78 is 5.01. The van der Waals surface area contributed by atoms with Gasteiger partial charge in [-0.05, 0) is 55.7 Å². The number of halogens is 1. The van der Waals surface area contributed by atoms with Crippen LogP contribution < -0.4 is 11.1 Å². The van der Waals surface area contributed by atoms with Crippen molar-refractivity contribution in [3.63, 3.8) is 0 Å². The summed E-state index contributed by atoms with van der Waals surface area (Å²) in [6.07, 6.45) is 0. The van der Waals surface area contributed by atoms with Gasteiger partial charge in [0, 0.05) is 0 Å². The number of esters is 1. The van der Waals surface area contributed by atoms with E-state index in [9.17, 15) is 9.59 Å². The molecule has 0 bridgehead atoms. The van der Waals surface area contributed by atoms with E-state index in [2.05, 4.69) is 5.32 Å². The van der Waals surface area contributed by atoms with Crippen LogP contribution in [0, 0.1) is 13.8 Å². The number of anilines is 1. The molecule has 5 nitrogen and oxygen atoms in total. The highest BCUT2D eigenvalue weighted by molar-refractivity contribution is 6.33. The Bertz CT molecular complexity index is 805. The molecule has 1 atom stereocenters. The molecular weight excluding hydrogens is 340 g/mol. The topological polar surface area (TPSA) is 81.4 Å². The Morgan fingerprint density at radius 2 is 1.88 bits per heavy atom. The zero-order valence-corrected chi connectivity index (χ0v) is 15.2. The van der Waals surface area contributed by atoms with Gasteiger partial charge in [0.2, 0.25) is 0 Å². The number of ether oxygens (including phenoxy) is 1. The van der Waals surface area contributed by atoms with Crippen LogP contribution in [0.15, 0.2) is 36.4 Å². The zero-order valence-electron chi connectivity index (χ0n) is 14.4. The highest BCUT2D eigenvalue weighted by Crippen LogP contribution is 2.20. The van der Waals surface area contributed by atoms with Crippen molar-refractivity contribution in [2.45, 2.75) is 26.8 Å². The van der Waals surface area contributed by atoms with Crippen molar-refractivity contribution in [2.24, 2.45) is 0 Å². The standard InChI is InChI=1S/C19H21ClN2O3/c1-11-4-5-14(8-12(11)2)13(3)22-18(23)10-25-19(24)15-6-7-16(20)17(21)9-15/h4-9,13H,10,21H2,1-3H3,(H,22,23)/t13-/m0/s1. The summed E-state index contributed by atoms with van der Waals surface area (Å²) in [6, 6.07) is 10.3. The molecule has 132 valence electrons. The zero-order chi connectivity index (χ0) is 18.6. The van der Waals surface area contributed by atoms with Gasteiger partial charge in [-0.25, -0.2) is 4.79 Å². The average Bonchev–Trinajstić information content (AvgIpc) is 2.57. The molecule has 0 unspecified atom stereocenters. The first kappa shape index (κ1) is 18.8. The van der Waals surface area contributed by atoms with E-state index in [1.54, 1.807) is 0 Å². The van der Waals surface area contributed by atoms with E-state index in [0.717, 1.165) is 11.1 Å². The Morgan fingerprint density at radius 3 is 2.52 bits per heavy atom. The van der Waals surface area contributed by atoms with Gasteiger partial charge in [0.05, 0.1) is 22.3 Å². The first-order chi connectivity index (χ1) is 11.8. The number of hydrogen-bond acceptors (Lipinski definition) is 4. The summed E-state index contributed by atoms with van der Waals surface area (Å²) in [5.41, 5.74) is 9.52. The molecule has 3 N–H and O–H groups in total. The Hall–Kier alpha value is -2.53. The molecule has 0 radical (unpaired) electrons. The van der Waals surface area contributed by atoms with E-state index in [0.29, 0.717) is 5.02 Å². The summed E-state index contributed by atoms with van der Waals surface area (Å²) in [7, 11) is 0. The normalized spacial score (nSPS) is 11.7. The van der Waals surface area contributed by atoms with E-state index >= 15 is 0 Å². The second-order valence-corrected chi connectivity index (χ2v) is 6.35. The van der Waals surface area contributed by atoms with Gasteiger partial charge in [-0.1, -0.05) is 29.8 Å². The maximum absolute atomic E-state index is 12.0. The number of nitrogen functional groups attached to an aromatic ring is 1. The van der Waals surface area contributed by atoms with Crippen LogP contribution in [0.2, 0.25) is 5.02 Å². The van der Waals surface area contributed by atoms with Crippen LogP contribution in [-0.4, -0.2) is 18.5 Å². The molecule has 25 heavy (non-hydrogen) atoms. The first-order valence-corrected chi connectivity index (χ1v) is 8.24. The lowest BCUT2D eigenvalue weighted by molar-refractivity contribution is -0.124. The number of nitrogens with two attached hydrogens (primary N) is 1. The number of hydrogen-bond donors (Lipinski definition) is 2. The van der Waals surface area contributed by atoms with E-state index in [4.69, 9.17) is 22.1 Å². The van der Waals surface area contributed by atoms with E-state index < -0.39 is 5.97 Å². The predicted molar refractivity (Wildman–Crippen MR) is 98.6 cm³/mol. The molecule has 0 fully saturated rings. The first-order valence-electron chi connectivity index (χ1n) is 7.86. The monoisotopic (exact) mass is 360 g/mol. The second kappa shape index (κ2) is 8.03. The van der Waals surface area contributed by atoms with Gasteiger partial charge >= 0.3 is 5.97 Å². The van der Waals surface area contributed by atoms with Crippen molar-refractivity contribution >= 4 is 29.2 Å². The van der Waals surface area contributed by atoms with Gasteiger partial charge in [-0.15, -0.1) is 0 Å². The smallest absolute Gasteiger partial charge is 0.338 e. The lowest BCUT2D eigenvalue weighted by Gasteiger charge is -2.16. The Labute approximate surface area is 152 Å². The molecule has 0 spiro atoms. The largest absolute Gasteiger partial charge is 0.452 e. The van der Waals surface area contributed by atoms with Crippen LogP contribution in [0.25, 0.3) is 0 Å². The highest BCUT2D eigenvalue weighted by Gasteiger charge is 2.14. The van der Waals surface area contributed by atoms with E-state index in [-0.39, 0.29) is 29.8 Å². The van der Waals surface area contributed by atoms with Crippen molar-refractivity contribution in [2.75, 3.05) is 12.3 Å². The lowest BCUT2D eigenvalue weighted by Crippen LogP contribution is -2.31. The van der Waals surface area contributed by atoms with Crippen molar-refractivity contribution in [1.82, 2.24) is 5.32 Å². The van der Waals surface area contributed by atoms with Gasteiger partial charge in [-0.3, -0.25) is 4.79 Å². The fraction of sp³-hybridized carbons (Fsp3) is 0.263. The van der Waals surface area contributed by atoms with Crippen LogP contribution >= 0.6 is 11.6 Å². The number of benzene rings is 2. The van der Waals surface area contributed by atoms with Crippen LogP contribution in [0.3, 0.4) is 0 Å². The SMILES string of the molecule is Cc1ccc([C@H](C)NC(=O)COC(=O)c2ccc(Cl)c(N)c2)cc1C. The van der Waals surface area contributed by atoms with Crippen LogP contribution in [0.5, 0.6) is 0 Å². The molecule has 0 heterocycles. The fourth-order valence-corrected chi connectivity index (χ4v) is 2.40. The van der Waals surface area contributed by atoms with Crippen LogP contribution in [0.1, 0.15) is 40.0 Å². The molecule has 6 heteroatoms. The van der Waals surface area contributed by atoms with Gasteiger partial charge in [0.15, 0.2) is 6.61 Å². The molecule has 2 rings (SSSR count). The average molecular weight is 361 g/mol. The number of amides is 1. The predicted octanol–water partition coefficient (Wildman–Crippen LogP) is 3.57. The summed E-state index contributed by atoms with van der Waals surface area (Å²) >= 11 is 5.81. The van der Waals surface area contributed by atoms with Crippen LogP contribution in [0.4, 0.5) is 5.69 Å². The molecule has 1 amide bonds. The van der Waals surface area contributed by atoms with E-state index in [1.807, 2.05) is 39.0 Å². The Morgan fingerprint density at radius 1 is 1.16 bits per heavy atom. The molecule has 0 saturated heterocycles. The van der Waals surface area contributed by atoms with Crippen LogP contribution in [-0.2, 0) is 9.53 Å². The summed E-state index contributed by atoms with van der Waals surface area (Å²) in [5.74, 6) is -1.00. The molecule has 0 aliphatic carbocycles. The minimum atomic E-state index is -0.627. The minimum absolute atomic E-state index is 0.184. The van der Waals surface area contributed by atoms with Gasteiger partial charge in [-0.2, -0.15) is 0 Å². The maximum Gasteiger partial charge on any atom is 0.338 e. The van der Waals surface area contributed by atoms with Gasteiger partial charge in [0.1, 0.15) is 0 Å². The molecule has 0 aliphatic heterocycles. The van der Waals surface area contributed by atoms with E-state index in [1.165, 1.54) is 23.8 Å². The highest BCUT2D eigenvalue weighted by atomic mass is 35.5. The summed E-state index contributed by atoms with van der Waals surface area (Å²) in [4.78, 5) is 24.0. The Balaban J connectivity index is 1.90. The summed E-state index contributed by atoms with van der Waals surface area (Å²) in [6.45, 7) is 5.57. The number of rotatable bonds is 5. The molecule has 0 aromatic heterocycles. The summed E-state index contributed by atoms with van der Waals surface area (Å²) in [5, 5.41) is 3.17.